The molecule has 23 heavy (non-hydrogen) atoms. The summed E-state index contributed by atoms with van der Waals surface area (Å²) in [5.41, 5.74) is 0. The van der Waals surface area contributed by atoms with Gasteiger partial charge in [-0.2, -0.15) is 0 Å². The van der Waals surface area contributed by atoms with E-state index < -0.39 is 0 Å². The standard InChI is InChI=1S/C17H29N5O/c1-13(2)15(21-9-4-3-5-10-21)17(23)18-8-11-22-12-19-20-16(22)14-6-7-14/h12-15H,3-11H2,1-2H3,(H,18,23)/t15-/m0/s1. The lowest BCUT2D eigenvalue weighted by Gasteiger charge is -2.35. The first-order valence-corrected chi connectivity index (χ1v) is 9.06. The van der Waals surface area contributed by atoms with E-state index in [1.165, 1.54) is 32.1 Å². The number of amides is 1. The monoisotopic (exact) mass is 319 g/mol. The smallest absolute Gasteiger partial charge is 0.237 e. The van der Waals surface area contributed by atoms with Crippen molar-refractivity contribution in [2.45, 2.75) is 64.5 Å². The van der Waals surface area contributed by atoms with Crippen molar-refractivity contribution in [3.63, 3.8) is 0 Å². The molecule has 1 aliphatic heterocycles. The Balaban J connectivity index is 1.51. The zero-order valence-corrected chi connectivity index (χ0v) is 14.4. The summed E-state index contributed by atoms with van der Waals surface area (Å²) in [5, 5.41) is 11.3. The van der Waals surface area contributed by atoms with Crippen LogP contribution in [0.4, 0.5) is 0 Å². The number of carbonyl (C=O) groups excluding carboxylic acids is 1. The number of carbonyl (C=O) groups is 1. The highest BCUT2D eigenvalue weighted by Gasteiger charge is 2.30. The van der Waals surface area contributed by atoms with Crippen LogP contribution in [0.5, 0.6) is 0 Å². The fraction of sp³-hybridized carbons (Fsp3) is 0.824. The molecule has 1 aromatic rings. The van der Waals surface area contributed by atoms with Crippen molar-refractivity contribution in [1.29, 1.82) is 0 Å². The Morgan fingerprint density at radius 3 is 2.70 bits per heavy atom. The van der Waals surface area contributed by atoms with Crippen LogP contribution in [0, 0.1) is 5.92 Å². The van der Waals surface area contributed by atoms with E-state index in [1.54, 1.807) is 6.33 Å². The maximum Gasteiger partial charge on any atom is 0.237 e. The Bertz CT molecular complexity index is 517. The lowest BCUT2D eigenvalue weighted by atomic mass is 9.98. The molecule has 1 aliphatic carbocycles. The van der Waals surface area contributed by atoms with E-state index in [1.807, 2.05) is 0 Å². The average molecular weight is 319 g/mol. The minimum atomic E-state index is -0.000820. The normalized spacial score (nSPS) is 20.7. The highest BCUT2D eigenvalue weighted by molar-refractivity contribution is 5.82. The summed E-state index contributed by atoms with van der Waals surface area (Å²) in [6, 6.07) is -0.000820. The molecule has 6 heteroatoms. The molecule has 1 atom stereocenters. The minimum absolute atomic E-state index is 0.000820. The molecule has 1 aromatic heterocycles. The Kier molecular flexibility index (Phi) is 5.30. The third-order valence-corrected chi connectivity index (χ3v) is 4.92. The molecule has 2 heterocycles. The zero-order valence-electron chi connectivity index (χ0n) is 14.4. The van der Waals surface area contributed by atoms with Crippen molar-refractivity contribution in [2.75, 3.05) is 19.6 Å². The molecule has 1 saturated carbocycles. The molecule has 0 unspecified atom stereocenters. The van der Waals surface area contributed by atoms with Crippen LogP contribution in [0.3, 0.4) is 0 Å². The fourth-order valence-corrected chi connectivity index (χ4v) is 3.58. The van der Waals surface area contributed by atoms with Gasteiger partial charge in [0, 0.05) is 19.0 Å². The van der Waals surface area contributed by atoms with Gasteiger partial charge in [-0.25, -0.2) is 0 Å². The van der Waals surface area contributed by atoms with Crippen LogP contribution < -0.4 is 5.32 Å². The van der Waals surface area contributed by atoms with Crippen LogP contribution in [-0.4, -0.2) is 51.2 Å². The molecule has 128 valence electrons. The zero-order chi connectivity index (χ0) is 16.2. The van der Waals surface area contributed by atoms with Gasteiger partial charge in [0.15, 0.2) is 0 Å². The van der Waals surface area contributed by atoms with Gasteiger partial charge in [0.25, 0.3) is 0 Å². The lowest BCUT2D eigenvalue weighted by Crippen LogP contribution is -2.52. The van der Waals surface area contributed by atoms with Crippen LogP contribution in [0.25, 0.3) is 0 Å². The van der Waals surface area contributed by atoms with Crippen molar-refractivity contribution in [2.24, 2.45) is 5.92 Å². The summed E-state index contributed by atoms with van der Waals surface area (Å²) in [7, 11) is 0. The molecule has 3 rings (SSSR count). The summed E-state index contributed by atoms with van der Waals surface area (Å²) >= 11 is 0. The summed E-state index contributed by atoms with van der Waals surface area (Å²) in [6.45, 7) is 7.79. The summed E-state index contributed by atoms with van der Waals surface area (Å²) in [6.07, 6.45) is 7.93. The number of likely N-dealkylation sites (tertiary alicyclic amines) is 1. The first-order valence-electron chi connectivity index (χ1n) is 9.06. The van der Waals surface area contributed by atoms with Crippen LogP contribution in [0.15, 0.2) is 6.33 Å². The third-order valence-electron chi connectivity index (χ3n) is 4.92. The highest BCUT2D eigenvalue weighted by Crippen LogP contribution is 2.38. The van der Waals surface area contributed by atoms with Crippen molar-refractivity contribution in [3.05, 3.63) is 12.2 Å². The highest BCUT2D eigenvalue weighted by atomic mass is 16.2. The molecule has 6 nitrogen and oxygen atoms in total. The predicted molar refractivity (Wildman–Crippen MR) is 89.1 cm³/mol. The number of rotatable bonds is 7. The number of hydrogen-bond acceptors (Lipinski definition) is 4. The third kappa shape index (κ3) is 4.10. The molecule has 2 aliphatic rings. The van der Waals surface area contributed by atoms with Crippen molar-refractivity contribution < 1.29 is 4.79 Å². The van der Waals surface area contributed by atoms with Gasteiger partial charge < -0.3 is 9.88 Å². The van der Waals surface area contributed by atoms with E-state index >= 15 is 0 Å². The Morgan fingerprint density at radius 1 is 1.30 bits per heavy atom. The second-order valence-electron chi connectivity index (χ2n) is 7.23. The van der Waals surface area contributed by atoms with Gasteiger partial charge in [0.1, 0.15) is 12.2 Å². The number of nitrogens with zero attached hydrogens (tertiary/aromatic N) is 4. The van der Waals surface area contributed by atoms with Crippen molar-refractivity contribution in [3.8, 4) is 0 Å². The van der Waals surface area contributed by atoms with E-state index in [0.717, 1.165) is 25.5 Å². The van der Waals surface area contributed by atoms with Gasteiger partial charge in [-0.1, -0.05) is 20.3 Å². The van der Waals surface area contributed by atoms with E-state index in [0.29, 0.717) is 18.4 Å². The predicted octanol–water partition coefficient (Wildman–Crippen LogP) is 1.78. The topological polar surface area (TPSA) is 63.1 Å². The van der Waals surface area contributed by atoms with E-state index in [9.17, 15) is 4.79 Å². The molecule has 2 fully saturated rings. The van der Waals surface area contributed by atoms with Crippen LogP contribution in [0.1, 0.15) is 57.7 Å². The molecule has 0 aromatic carbocycles. The summed E-state index contributed by atoms with van der Waals surface area (Å²) < 4.78 is 2.09. The molecule has 1 saturated heterocycles. The minimum Gasteiger partial charge on any atom is -0.353 e. The fourth-order valence-electron chi connectivity index (χ4n) is 3.58. The van der Waals surface area contributed by atoms with E-state index in [-0.39, 0.29) is 11.9 Å². The van der Waals surface area contributed by atoms with Gasteiger partial charge in [0.2, 0.25) is 5.91 Å². The van der Waals surface area contributed by atoms with E-state index in [4.69, 9.17) is 0 Å². The van der Waals surface area contributed by atoms with Gasteiger partial charge in [-0.15, -0.1) is 10.2 Å². The van der Waals surface area contributed by atoms with Crippen LogP contribution >= 0.6 is 0 Å². The Labute approximate surface area is 138 Å². The molecule has 1 N–H and O–H groups in total. The quantitative estimate of drug-likeness (QED) is 0.832. The molecule has 1 amide bonds. The maximum atomic E-state index is 12.7. The lowest BCUT2D eigenvalue weighted by molar-refractivity contribution is -0.128. The number of nitrogens with one attached hydrogen (secondary N) is 1. The number of hydrogen-bond donors (Lipinski definition) is 1. The molecule has 0 bridgehead atoms. The summed E-state index contributed by atoms with van der Waals surface area (Å²) in [5.74, 6) is 2.17. The number of piperidine rings is 1. The SMILES string of the molecule is CC(C)[C@@H](C(=O)NCCn1cnnc1C1CC1)N1CCCCC1. The first-order chi connectivity index (χ1) is 11.2. The Morgan fingerprint density at radius 2 is 2.04 bits per heavy atom. The van der Waals surface area contributed by atoms with Crippen molar-refractivity contribution >= 4 is 5.91 Å². The molecule has 0 radical (unpaired) electrons. The maximum absolute atomic E-state index is 12.7. The first kappa shape index (κ1) is 16.4. The van der Waals surface area contributed by atoms with Crippen LogP contribution in [0.2, 0.25) is 0 Å². The van der Waals surface area contributed by atoms with Gasteiger partial charge in [-0.05, 0) is 44.7 Å². The average Bonchev–Trinajstić information content (AvgIpc) is 3.27. The molecular weight excluding hydrogens is 290 g/mol. The van der Waals surface area contributed by atoms with Gasteiger partial charge in [0.05, 0.1) is 6.04 Å². The second-order valence-corrected chi connectivity index (χ2v) is 7.23. The second kappa shape index (κ2) is 7.43. The largest absolute Gasteiger partial charge is 0.353 e. The Hall–Kier alpha value is -1.43. The van der Waals surface area contributed by atoms with Gasteiger partial charge >= 0.3 is 0 Å². The van der Waals surface area contributed by atoms with Gasteiger partial charge in [-0.3, -0.25) is 9.69 Å². The number of aromatic nitrogens is 3. The molecule has 0 spiro atoms. The van der Waals surface area contributed by atoms with Crippen LogP contribution in [-0.2, 0) is 11.3 Å². The molecular formula is C17H29N5O. The summed E-state index contributed by atoms with van der Waals surface area (Å²) in [4.78, 5) is 15.0. The van der Waals surface area contributed by atoms with Crippen molar-refractivity contribution in [1.82, 2.24) is 25.0 Å². The van der Waals surface area contributed by atoms with E-state index in [2.05, 4.69) is 38.8 Å².